The standard InChI is InChI=1S/C18H16N6O/c1-11-2-5-13(6-3-11)22-18-14(9-19)17(23-24-18)21-10-12-4-7-16(25)15(20)8-12/h2-8,10,25H,20H2,1H3,(H2,22,23,24). The van der Waals surface area contributed by atoms with Gasteiger partial charge in [-0.2, -0.15) is 10.4 Å². The van der Waals surface area contributed by atoms with Crippen LogP contribution in [0.25, 0.3) is 0 Å². The molecule has 5 N–H and O–H groups in total. The molecular formula is C18H16N6O. The number of nitrogen functional groups attached to an aromatic ring is 1. The minimum Gasteiger partial charge on any atom is -0.506 e. The van der Waals surface area contributed by atoms with Crippen LogP contribution in [0, 0.1) is 18.3 Å². The number of aryl methyl sites for hydroxylation is 1. The van der Waals surface area contributed by atoms with Crippen LogP contribution in [0.5, 0.6) is 5.75 Å². The molecule has 0 atom stereocenters. The third kappa shape index (κ3) is 3.59. The molecule has 0 amide bonds. The number of aromatic hydroxyl groups is 1. The lowest BCUT2D eigenvalue weighted by atomic mass is 10.2. The molecule has 0 aliphatic rings. The summed E-state index contributed by atoms with van der Waals surface area (Å²) in [4.78, 5) is 4.23. The maximum absolute atomic E-state index is 9.43. The highest BCUT2D eigenvalue weighted by atomic mass is 16.3. The number of H-pyrrole nitrogens is 1. The van der Waals surface area contributed by atoms with Gasteiger partial charge in [-0.05, 0) is 42.8 Å². The van der Waals surface area contributed by atoms with Crippen molar-refractivity contribution >= 4 is 29.2 Å². The number of nitriles is 1. The number of nitrogens with two attached hydrogens (primary N) is 1. The van der Waals surface area contributed by atoms with Crippen LogP contribution in [0.3, 0.4) is 0 Å². The van der Waals surface area contributed by atoms with E-state index in [1.165, 1.54) is 12.3 Å². The highest BCUT2D eigenvalue weighted by Gasteiger charge is 2.12. The molecule has 7 heteroatoms. The summed E-state index contributed by atoms with van der Waals surface area (Å²) in [6.45, 7) is 2.00. The van der Waals surface area contributed by atoms with Gasteiger partial charge in [0.25, 0.3) is 0 Å². The van der Waals surface area contributed by atoms with Crippen molar-refractivity contribution in [2.75, 3.05) is 11.1 Å². The Kier molecular flexibility index (Phi) is 4.35. The molecule has 1 aromatic heterocycles. The Morgan fingerprint density at radius 3 is 2.72 bits per heavy atom. The summed E-state index contributed by atoms with van der Waals surface area (Å²) >= 11 is 0. The van der Waals surface area contributed by atoms with E-state index in [1.54, 1.807) is 12.1 Å². The first kappa shape index (κ1) is 16.1. The molecule has 0 bridgehead atoms. The zero-order chi connectivity index (χ0) is 17.8. The number of phenols is 1. The Morgan fingerprint density at radius 1 is 1.28 bits per heavy atom. The molecule has 0 saturated heterocycles. The van der Waals surface area contributed by atoms with E-state index in [4.69, 9.17) is 5.73 Å². The Bertz CT molecular complexity index is 966. The SMILES string of the molecule is Cc1ccc(Nc2[nH]nc(N=Cc3ccc(O)c(N)c3)c2C#N)cc1. The predicted molar refractivity (Wildman–Crippen MR) is 97.5 cm³/mol. The van der Waals surface area contributed by atoms with Crippen LogP contribution in [-0.2, 0) is 0 Å². The van der Waals surface area contributed by atoms with Gasteiger partial charge in [-0.25, -0.2) is 4.99 Å². The molecule has 0 spiro atoms. The monoisotopic (exact) mass is 332 g/mol. The van der Waals surface area contributed by atoms with Crippen molar-refractivity contribution in [3.8, 4) is 11.8 Å². The molecule has 0 fully saturated rings. The van der Waals surface area contributed by atoms with Crippen molar-refractivity contribution in [1.29, 1.82) is 5.26 Å². The van der Waals surface area contributed by atoms with E-state index >= 15 is 0 Å². The third-order valence-electron chi connectivity index (χ3n) is 3.57. The first-order valence-electron chi connectivity index (χ1n) is 7.51. The van der Waals surface area contributed by atoms with E-state index in [0.29, 0.717) is 16.9 Å². The molecule has 0 aliphatic heterocycles. The number of aromatic amines is 1. The van der Waals surface area contributed by atoms with Gasteiger partial charge >= 0.3 is 0 Å². The summed E-state index contributed by atoms with van der Waals surface area (Å²) in [5, 5.41) is 28.8. The topological polar surface area (TPSA) is 123 Å². The van der Waals surface area contributed by atoms with Gasteiger partial charge in [0.1, 0.15) is 23.2 Å². The first-order chi connectivity index (χ1) is 12.1. The summed E-state index contributed by atoms with van der Waals surface area (Å²) in [6.07, 6.45) is 1.53. The van der Waals surface area contributed by atoms with Crippen molar-refractivity contribution < 1.29 is 5.11 Å². The normalized spacial score (nSPS) is 10.7. The highest BCUT2D eigenvalue weighted by Crippen LogP contribution is 2.26. The smallest absolute Gasteiger partial charge is 0.193 e. The van der Waals surface area contributed by atoms with Crippen molar-refractivity contribution in [2.24, 2.45) is 4.99 Å². The summed E-state index contributed by atoms with van der Waals surface area (Å²) in [5.41, 5.74) is 8.89. The number of anilines is 3. The van der Waals surface area contributed by atoms with E-state index in [2.05, 4.69) is 26.6 Å². The maximum atomic E-state index is 9.43. The van der Waals surface area contributed by atoms with Gasteiger partial charge in [0.15, 0.2) is 5.82 Å². The molecule has 3 aromatic rings. The second-order valence-electron chi connectivity index (χ2n) is 5.48. The van der Waals surface area contributed by atoms with Crippen LogP contribution >= 0.6 is 0 Å². The largest absolute Gasteiger partial charge is 0.506 e. The fourth-order valence-corrected chi connectivity index (χ4v) is 2.19. The molecule has 0 radical (unpaired) electrons. The lowest BCUT2D eigenvalue weighted by molar-refractivity contribution is 0.478. The minimum absolute atomic E-state index is 0.0132. The third-order valence-corrected chi connectivity index (χ3v) is 3.57. The lowest BCUT2D eigenvalue weighted by Crippen LogP contribution is -1.92. The van der Waals surface area contributed by atoms with Gasteiger partial charge in [0.2, 0.25) is 0 Å². The van der Waals surface area contributed by atoms with Gasteiger partial charge < -0.3 is 16.2 Å². The number of rotatable bonds is 4. The highest BCUT2D eigenvalue weighted by molar-refractivity contribution is 5.85. The Balaban J connectivity index is 1.84. The fourth-order valence-electron chi connectivity index (χ4n) is 2.19. The molecule has 0 saturated carbocycles. The van der Waals surface area contributed by atoms with Crippen molar-refractivity contribution in [1.82, 2.24) is 10.2 Å². The number of hydrogen-bond donors (Lipinski definition) is 4. The van der Waals surface area contributed by atoms with Crippen LogP contribution in [0.15, 0.2) is 47.5 Å². The average Bonchev–Trinajstić information content (AvgIpc) is 2.99. The minimum atomic E-state index is 0.0132. The second kappa shape index (κ2) is 6.76. The number of benzene rings is 2. The van der Waals surface area contributed by atoms with Crippen LogP contribution in [0.1, 0.15) is 16.7 Å². The van der Waals surface area contributed by atoms with Gasteiger partial charge in [0, 0.05) is 11.9 Å². The molecule has 2 aromatic carbocycles. The van der Waals surface area contributed by atoms with E-state index in [1.807, 2.05) is 31.2 Å². The summed E-state index contributed by atoms with van der Waals surface area (Å²) in [6, 6.07) is 14.6. The van der Waals surface area contributed by atoms with E-state index in [9.17, 15) is 10.4 Å². The summed E-state index contributed by atoms with van der Waals surface area (Å²) in [5.74, 6) is 0.756. The Morgan fingerprint density at radius 2 is 2.04 bits per heavy atom. The summed E-state index contributed by atoms with van der Waals surface area (Å²) < 4.78 is 0. The average molecular weight is 332 g/mol. The number of nitrogens with zero attached hydrogens (tertiary/aromatic N) is 3. The predicted octanol–water partition coefficient (Wildman–Crippen LogP) is 3.37. The molecule has 3 rings (SSSR count). The Labute approximate surface area is 144 Å². The molecule has 0 aliphatic carbocycles. The molecule has 1 heterocycles. The molecule has 25 heavy (non-hydrogen) atoms. The summed E-state index contributed by atoms with van der Waals surface area (Å²) in [7, 11) is 0. The van der Waals surface area contributed by atoms with Crippen molar-refractivity contribution in [2.45, 2.75) is 6.92 Å². The van der Waals surface area contributed by atoms with Crippen molar-refractivity contribution in [3.63, 3.8) is 0 Å². The van der Waals surface area contributed by atoms with Gasteiger partial charge in [-0.15, -0.1) is 0 Å². The number of phenolic OH excluding ortho intramolecular Hbond substituents is 1. The number of aromatic nitrogens is 2. The molecule has 0 unspecified atom stereocenters. The van der Waals surface area contributed by atoms with Gasteiger partial charge in [0.05, 0.1) is 5.69 Å². The lowest BCUT2D eigenvalue weighted by Gasteiger charge is -2.04. The number of aliphatic imine (C=N–C) groups is 1. The van der Waals surface area contributed by atoms with Crippen LogP contribution in [0.2, 0.25) is 0 Å². The van der Waals surface area contributed by atoms with Gasteiger partial charge in [-0.3, -0.25) is 5.10 Å². The zero-order valence-electron chi connectivity index (χ0n) is 13.5. The quantitative estimate of drug-likeness (QED) is 0.331. The van der Waals surface area contributed by atoms with Crippen molar-refractivity contribution in [3.05, 3.63) is 59.2 Å². The van der Waals surface area contributed by atoms with E-state index in [0.717, 1.165) is 11.3 Å². The zero-order valence-corrected chi connectivity index (χ0v) is 13.5. The second-order valence-corrected chi connectivity index (χ2v) is 5.48. The van der Waals surface area contributed by atoms with Crippen LogP contribution < -0.4 is 11.1 Å². The maximum Gasteiger partial charge on any atom is 0.193 e. The Hall–Kier alpha value is -3.79. The van der Waals surface area contributed by atoms with Crippen LogP contribution in [-0.4, -0.2) is 21.5 Å². The molecular weight excluding hydrogens is 316 g/mol. The fraction of sp³-hybridized carbons (Fsp3) is 0.0556. The van der Waals surface area contributed by atoms with Crippen LogP contribution in [0.4, 0.5) is 23.0 Å². The molecule has 124 valence electrons. The number of hydrogen-bond acceptors (Lipinski definition) is 6. The van der Waals surface area contributed by atoms with E-state index < -0.39 is 0 Å². The molecule has 7 nitrogen and oxygen atoms in total. The van der Waals surface area contributed by atoms with Gasteiger partial charge in [-0.1, -0.05) is 17.7 Å². The van der Waals surface area contributed by atoms with E-state index in [-0.39, 0.29) is 17.3 Å². The number of nitrogens with one attached hydrogen (secondary N) is 2. The first-order valence-corrected chi connectivity index (χ1v) is 7.51.